The molecular weight excluding hydrogens is 388 g/mol. The molecule has 148 valence electrons. The minimum absolute atomic E-state index is 0.597. The number of anilines is 1. The Labute approximate surface area is 172 Å². The smallest absolute Gasteiger partial charge is 0.377 e. The third kappa shape index (κ3) is 4.87. The zero-order chi connectivity index (χ0) is 20.0. The highest BCUT2D eigenvalue weighted by molar-refractivity contribution is 7.80. The number of rotatable bonds is 8. The summed E-state index contributed by atoms with van der Waals surface area (Å²) in [5.41, 5.74) is 0.967. The molecule has 0 saturated carbocycles. The Kier molecular flexibility index (Phi) is 6.98. The van der Waals surface area contributed by atoms with Crippen molar-refractivity contribution < 1.29 is 13.3 Å². The third-order valence-corrected chi connectivity index (χ3v) is 7.92. The van der Waals surface area contributed by atoms with E-state index < -0.39 is 8.80 Å². The fourth-order valence-electron chi connectivity index (χ4n) is 3.26. The van der Waals surface area contributed by atoms with Gasteiger partial charge in [-0.1, -0.05) is 30.3 Å². The lowest BCUT2D eigenvalue weighted by Gasteiger charge is -2.24. The molecule has 0 saturated heterocycles. The van der Waals surface area contributed by atoms with Crippen LogP contribution in [0.1, 0.15) is 6.42 Å². The van der Waals surface area contributed by atoms with Gasteiger partial charge in [0.15, 0.2) is 5.11 Å². The van der Waals surface area contributed by atoms with Gasteiger partial charge in [-0.15, -0.1) is 0 Å². The average Bonchev–Trinajstić information content (AvgIpc) is 2.73. The maximum Gasteiger partial charge on any atom is 0.500 e. The molecule has 0 spiro atoms. The van der Waals surface area contributed by atoms with Gasteiger partial charge >= 0.3 is 8.80 Å². The molecule has 0 aromatic heterocycles. The van der Waals surface area contributed by atoms with Gasteiger partial charge in [0.2, 0.25) is 0 Å². The van der Waals surface area contributed by atoms with Crippen LogP contribution in [0.3, 0.4) is 0 Å². The predicted octanol–water partition coefficient (Wildman–Crippen LogP) is 4.55. The number of thiocarbonyl (C=S) groups is 1. The van der Waals surface area contributed by atoms with Gasteiger partial charge in [-0.25, -0.2) is 0 Å². The predicted molar refractivity (Wildman–Crippen MR) is 122 cm³/mol. The Morgan fingerprint density at radius 1 is 0.857 bits per heavy atom. The maximum atomic E-state index is 5.43. The molecule has 0 atom stereocenters. The fraction of sp³-hybridized carbons (Fsp3) is 0.286. The molecule has 3 aromatic rings. The van der Waals surface area contributed by atoms with Crippen molar-refractivity contribution in [3.8, 4) is 0 Å². The quantitative estimate of drug-likeness (QED) is 0.244. The number of benzene rings is 3. The number of nitrogens with one attached hydrogen (secondary N) is 2. The van der Waals surface area contributed by atoms with E-state index in [-0.39, 0.29) is 0 Å². The van der Waals surface area contributed by atoms with Crippen molar-refractivity contribution in [2.45, 2.75) is 12.5 Å². The van der Waals surface area contributed by atoms with E-state index in [2.05, 4.69) is 59.2 Å². The second kappa shape index (κ2) is 9.44. The first-order valence-electron chi connectivity index (χ1n) is 9.22. The number of hydrogen-bond donors (Lipinski definition) is 2. The molecule has 2 N–H and O–H groups in total. The molecule has 0 aliphatic carbocycles. The largest absolute Gasteiger partial charge is 0.500 e. The lowest BCUT2D eigenvalue weighted by atomic mass is 10.0. The molecule has 0 radical (unpaired) electrons. The molecule has 0 fully saturated rings. The summed E-state index contributed by atoms with van der Waals surface area (Å²) < 4.78 is 16.3. The van der Waals surface area contributed by atoms with E-state index in [0.717, 1.165) is 24.7 Å². The molecule has 0 aliphatic heterocycles. The molecule has 28 heavy (non-hydrogen) atoms. The van der Waals surface area contributed by atoms with E-state index in [1.54, 1.807) is 21.3 Å². The Bertz CT molecular complexity index is 954. The van der Waals surface area contributed by atoms with Crippen molar-refractivity contribution in [1.29, 1.82) is 0 Å². The monoisotopic (exact) mass is 414 g/mol. The van der Waals surface area contributed by atoms with Crippen LogP contribution in [0, 0.1) is 0 Å². The highest BCUT2D eigenvalue weighted by atomic mass is 32.1. The van der Waals surface area contributed by atoms with E-state index in [0.29, 0.717) is 5.11 Å². The standard InChI is InChI=1S/C21H26N2O3SSi/c1-24-28(25-2,26-3)12-6-11-22-21(27)23-20-10-9-18-13-16-7-4-5-8-17(16)14-19(18)15-20/h4-5,7-10,13-15H,6,11-12H2,1-3H3,(H2,22,23,27). The summed E-state index contributed by atoms with van der Waals surface area (Å²) in [6.07, 6.45) is 0.841. The van der Waals surface area contributed by atoms with Gasteiger partial charge < -0.3 is 23.9 Å². The van der Waals surface area contributed by atoms with E-state index >= 15 is 0 Å². The molecule has 0 unspecified atom stereocenters. The molecule has 7 heteroatoms. The normalized spacial score (nSPS) is 11.7. The van der Waals surface area contributed by atoms with Gasteiger partial charge in [0.25, 0.3) is 0 Å². The number of fused-ring (bicyclic) bond motifs is 2. The fourth-order valence-corrected chi connectivity index (χ4v) is 5.20. The zero-order valence-electron chi connectivity index (χ0n) is 16.5. The second-order valence-electron chi connectivity index (χ2n) is 6.54. The first-order chi connectivity index (χ1) is 13.6. The van der Waals surface area contributed by atoms with Crippen LogP contribution in [0.4, 0.5) is 5.69 Å². The van der Waals surface area contributed by atoms with Crippen molar-refractivity contribution in [3.63, 3.8) is 0 Å². The molecule has 0 heterocycles. The Balaban J connectivity index is 1.58. The van der Waals surface area contributed by atoms with Crippen LogP contribution in [0.15, 0.2) is 54.6 Å². The van der Waals surface area contributed by atoms with Crippen molar-refractivity contribution >= 4 is 53.4 Å². The summed E-state index contributed by atoms with van der Waals surface area (Å²) in [4.78, 5) is 0. The van der Waals surface area contributed by atoms with Gasteiger partial charge in [0.05, 0.1) is 0 Å². The lowest BCUT2D eigenvalue weighted by Crippen LogP contribution is -2.43. The Morgan fingerprint density at radius 2 is 1.46 bits per heavy atom. The van der Waals surface area contributed by atoms with Crippen LogP contribution in [-0.2, 0) is 13.3 Å². The topological polar surface area (TPSA) is 51.8 Å². The van der Waals surface area contributed by atoms with Crippen LogP contribution < -0.4 is 10.6 Å². The minimum Gasteiger partial charge on any atom is -0.377 e. The lowest BCUT2D eigenvalue weighted by molar-refractivity contribution is 0.123. The second-order valence-corrected chi connectivity index (χ2v) is 10.0. The summed E-state index contributed by atoms with van der Waals surface area (Å²) >= 11 is 5.42. The van der Waals surface area contributed by atoms with E-state index in [9.17, 15) is 0 Å². The van der Waals surface area contributed by atoms with Crippen LogP contribution in [-0.4, -0.2) is 41.8 Å². The van der Waals surface area contributed by atoms with E-state index in [4.69, 9.17) is 25.5 Å². The van der Waals surface area contributed by atoms with E-state index in [1.807, 2.05) is 6.07 Å². The summed E-state index contributed by atoms with van der Waals surface area (Å²) in [6.45, 7) is 0.717. The first kappa shape index (κ1) is 20.7. The summed E-state index contributed by atoms with van der Waals surface area (Å²) in [5, 5.41) is 12.0. The average molecular weight is 415 g/mol. The molecule has 0 bridgehead atoms. The molecule has 3 aromatic carbocycles. The van der Waals surface area contributed by atoms with Gasteiger partial charge in [-0.2, -0.15) is 0 Å². The van der Waals surface area contributed by atoms with Gasteiger partial charge in [0.1, 0.15) is 0 Å². The van der Waals surface area contributed by atoms with Crippen molar-refractivity contribution in [2.75, 3.05) is 33.2 Å². The molecule has 0 aliphatic rings. The van der Waals surface area contributed by atoms with Crippen molar-refractivity contribution in [2.24, 2.45) is 0 Å². The highest BCUT2D eigenvalue weighted by Gasteiger charge is 2.36. The Morgan fingerprint density at radius 3 is 2.11 bits per heavy atom. The number of hydrogen-bond acceptors (Lipinski definition) is 4. The summed E-state index contributed by atoms with van der Waals surface area (Å²) in [6, 6.07) is 19.8. The van der Waals surface area contributed by atoms with Gasteiger partial charge in [-0.3, -0.25) is 0 Å². The third-order valence-electron chi connectivity index (χ3n) is 4.84. The van der Waals surface area contributed by atoms with Crippen molar-refractivity contribution in [1.82, 2.24) is 5.32 Å². The zero-order valence-corrected chi connectivity index (χ0v) is 18.3. The SMILES string of the molecule is CO[Si](CCCNC(=S)Nc1ccc2cc3ccccc3cc2c1)(OC)OC. The van der Waals surface area contributed by atoms with Crippen LogP contribution in [0.2, 0.25) is 6.04 Å². The molecule has 3 rings (SSSR count). The van der Waals surface area contributed by atoms with Crippen molar-refractivity contribution in [3.05, 3.63) is 54.6 Å². The minimum atomic E-state index is -2.52. The van der Waals surface area contributed by atoms with Gasteiger partial charge in [-0.05, 0) is 64.4 Å². The summed E-state index contributed by atoms with van der Waals surface area (Å²) in [5.74, 6) is 0. The molecular formula is C21H26N2O3SSi. The van der Waals surface area contributed by atoms with Gasteiger partial charge in [0, 0.05) is 39.6 Å². The highest BCUT2D eigenvalue weighted by Crippen LogP contribution is 2.25. The maximum absolute atomic E-state index is 5.43. The molecule has 0 amide bonds. The van der Waals surface area contributed by atoms with E-state index in [1.165, 1.54) is 21.5 Å². The van der Waals surface area contributed by atoms with Crippen LogP contribution in [0.5, 0.6) is 0 Å². The first-order valence-corrected chi connectivity index (χ1v) is 11.6. The van der Waals surface area contributed by atoms with Crippen LogP contribution >= 0.6 is 12.2 Å². The molecule has 5 nitrogen and oxygen atoms in total. The Hall–Kier alpha value is -2.03. The van der Waals surface area contributed by atoms with Crippen LogP contribution in [0.25, 0.3) is 21.5 Å². The summed E-state index contributed by atoms with van der Waals surface area (Å²) in [7, 11) is 2.36.